The lowest BCUT2D eigenvalue weighted by atomic mass is 9.70. The molecule has 298 valence electrons. The van der Waals surface area contributed by atoms with Crippen LogP contribution in [0.2, 0.25) is 0 Å². The first-order valence-electron chi connectivity index (χ1n) is 22.1. The predicted molar refractivity (Wildman–Crippen MR) is 266 cm³/mol. The van der Waals surface area contributed by atoms with Crippen LogP contribution in [0, 0.1) is 0 Å². The zero-order valence-corrected chi connectivity index (χ0v) is 35.4. The van der Waals surface area contributed by atoms with Crippen LogP contribution in [-0.2, 0) is 10.8 Å². The average Bonchev–Trinajstić information content (AvgIpc) is 3.90. The molecule has 0 aliphatic heterocycles. The predicted octanol–water partition coefficient (Wildman–Crippen LogP) is 15.9. The lowest BCUT2D eigenvalue weighted by molar-refractivity contribution is 0.661. The SMILES string of the molecule is CC1(C)c2cc(N/C=C/C=C(\C=C/c3ccccc3)c3ccccc3)ccc2-c2ccc(-c3ccc4c5c(ccc4c3)C3(c4ccccc4-c4ccccc43)c3ccccc3-5)cc21. The molecule has 0 atom stereocenters. The molecule has 1 heteroatoms. The molecule has 0 saturated heterocycles. The van der Waals surface area contributed by atoms with Gasteiger partial charge in [-0.25, -0.2) is 0 Å². The van der Waals surface area contributed by atoms with Gasteiger partial charge in [-0.3, -0.25) is 0 Å². The molecule has 0 amide bonds. The first-order chi connectivity index (χ1) is 31.0. The van der Waals surface area contributed by atoms with Gasteiger partial charge in [-0.2, -0.15) is 0 Å². The van der Waals surface area contributed by atoms with Gasteiger partial charge in [-0.15, -0.1) is 0 Å². The third kappa shape index (κ3) is 5.70. The molecule has 3 aliphatic rings. The summed E-state index contributed by atoms with van der Waals surface area (Å²) >= 11 is 0. The molecule has 63 heavy (non-hydrogen) atoms. The molecular weight excluding hydrogens is 759 g/mol. The van der Waals surface area contributed by atoms with E-state index in [-0.39, 0.29) is 10.8 Å². The van der Waals surface area contributed by atoms with E-state index in [0.29, 0.717) is 0 Å². The minimum absolute atomic E-state index is 0.158. The minimum atomic E-state index is -0.332. The van der Waals surface area contributed by atoms with Crippen LogP contribution in [0.3, 0.4) is 0 Å². The van der Waals surface area contributed by atoms with Crippen LogP contribution in [0.15, 0.2) is 225 Å². The molecule has 1 nitrogen and oxygen atoms in total. The van der Waals surface area contributed by atoms with Crippen LogP contribution < -0.4 is 5.32 Å². The highest BCUT2D eigenvalue weighted by atomic mass is 14.8. The van der Waals surface area contributed by atoms with Gasteiger partial charge in [0.1, 0.15) is 0 Å². The van der Waals surface area contributed by atoms with E-state index in [1.54, 1.807) is 0 Å². The highest BCUT2D eigenvalue weighted by Crippen LogP contribution is 2.63. The molecule has 3 aliphatic carbocycles. The molecule has 1 N–H and O–H groups in total. The van der Waals surface area contributed by atoms with Gasteiger partial charge in [-0.05, 0) is 136 Å². The fourth-order valence-electron chi connectivity index (χ4n) is 11.0. The third-order valence-electron chi connectivity index (χ3n) is 14.0. The highest BCUT2D eigenvalue weighted by molar-refractivity contribution is 6.07. The molecule has 0 aromatic heterocycles. The van der Waals surface area contributed by atoms with E-state index in [1.165, 1.54) is 99.8 Å². The second kappa shape index (κ2) is 14.4. The second-order valence-corrected chi connectivity index (χ2v) is 17.7. The van der Waals surface area contributed by atoms with Crippen molar-refractivity contribution in [1.29, 1.82) is 0 Å². The Morgan fingerprint density at radius 3 is 1.76 bits per heavy atom. The van der Waals surface area contributed by atoms with Crippen molar-refractivity contribution in [3.63, 3.8) is 0 Å². The Labute approximate surface area is 370 Å². The van der Waals surface area contributed by atoms with Crippen molar-refractivity contribution in [3.8, 4) is 44.5 Å². The molecular formula is C62H45N. The molecule has 9 aromatic carbocycles. The minimum Gasteiger partial charge on any atom is -0.362 e. The maximum absolute atomic E-state index is 3.57. The Kier molecular flexibility index (Phi) is 8.49. The molecule has 0 bridgehead atoms. The normalized spacial score (nSPS) is 14.7. The van der Waals surface area contributed by atoms with Gasteiger partial charge in [0.2, 0.25) is 0 Å². The van der Waals surface area contributed by atoms with Crippen molar-refractivity contribution in [3.05, 3.63) is 269 Å². The Bertz CT molecular complexity index is 3330. The summed E-state index contributed by atoms with van der Waals surface area (Å²) in [5.74, 6) is 0. The lowest BCUT2D eigenvalue weighted by Crippen LogP contribution is -2.25. The van der Waals surface area contributed by atoms with E-state index in [4.69, 9.17) is 0 Å². The Hall–Kier alpha value is -7.74. The third-order valence-corrected chi connectivity index (χ3v) is 14.0. The molecule has 12 rings (SSSR count). The lowest BCUT2D eigenvalue weighted by Gasteiger charge is -2.30. The summed E-state index contributed by atoms with van der Waals surface area (Å²) in [5.41, 5.74) is 22.8. The smallest absolute Gasteiger partial charge is 0.0725 e. The topological polar surface area (TPSA) is 12.0 Å². The van der Waals surface area contributed by atoms with Gasteiger partial charge in [0, 0.05) is 17.3 Å². The van der Waals surface area contributed by atoms with Crippen LogP contribution >= 0.6 is 0 Å². The summed E-state index contributed by atoms with van der Waals surface area (Å²) in [5, 5.41) is 6.15. The zero-order chi connectivity index (χ0) is 42.1. The second-order valence-electron chi connectivity index (χ2n) is 17.7. The van der Waals surface area contributed by atoms with Gasteiger partial charge >= 0.3 is 0 Å². The van der Waals surface area contributed by atoms with Crippen LogP contribution in [-0.4, -0.2) is 0 Å². The van der Waals surface area contributed by atoms with Gasteiger partial charge < -0.3 is 5.32 Å². The summed E-state index contributed by atoms with van der Waals surface area (Å²) in [7, 11) is 0. The number of allylic oxidation sites excluding steroid dienone is 4. The Balaban J connectivity index is 0.856. The summed E-state index contributed by atoms with van der Waals surface area (Å²) in [6, 6.07) is 74.0. The van der Waals surface area contributed by atoms with Crippen molar-refractivity contribution >= 4 is 28.1 Å². The molecule has 0 fully saturated rings. The standard InChI is InChI=1S/C62H45N/c1-61(2)58-39-45(30-34-51(58)52-35-32-47(40-59(52)61)63-37-15-20-43(42-18-7-4-8-19-42)28-27-41-16-5-3-6-17-41)44-29-33-48-46(38-44)31-36-57-60(48)53-23-11-14-26-56(53)62(57)54-24-12-9-21-49(54)50-22-10-13-25-55(50)62/h3-40,63H,1-2H3/b28-27-,37-15+,43-20+. The van der Waals surface area contributed by atoms with Gasteiger partial charge in [0.15, 0.2) is 0 Å². The van der Waals surface area contributed by atoms with Crippen LogP contribution in [0.4, 0.5) is 5.69 Å². The zero-order valence-electron chi connectivity index (χ0n) is 35.4. The van der Waals surface area contributed by atoms with E-state index in [1.807, 2.05) is 12.3 Å². The van der Waals surface area contributed by atoms with Gasteiger partial charge in [0.05, 0.1) is 5.41 Å². The Morgan fingerprint density at radius 2 is 1.03 bits per heavy atom. The number of hydrogen-bond acceptors (Lipinski definition) is 1. The number of fused-ring (bicyclic) bond motifs is 15. The summed E-state index contributed by atoms with van der Waals surface area (Å²) in [6.45, 7) is 4.73. The number of rotatable bonds is 7. The maximum Gasteiger partial charge on any atom is 0.0725 e. The summed E-state index contributed by atoms with van der Waals surface area (Å²) < 4.78 is 0. The molecule has 1 spiro atoms. The quantitative estimate of drug-likeness (QED) is 0.158. The first-order valence-corrected chi connectivity index (χ1v) is 22.1. The van der Waals surface area contributed by atoms with Crippen molar-refractivity contribution in [2.75, 3.05) is 5.32 Å². The van der Waals surface area contributed by atoms with E-state index < -0.39 is 0 Å². The average molecular weight is 804 g/mol. The molecule has 0 heterocycles. The van der Waals surface area contributed by atoms with Crippen LogP contribution in [0.1, 0.15) is 58.4 Å². The number of hydrogen-bond donors (Lipinski definition) is 1. The number of nitrogens with one attached hydrogen (secondary N) is 1. The highest BCUT2D eigenvalue weighted by Gasteiger charge is 2.51. The summed E-state index contributed by atoms with van der Waals surface area (Å²) in [4.78, 5) is 0. The van der Waals surface area contributed by atoms with Gasteiger partial charge in [0.25, 0.3) is 0 Å². The van der Waals surface area contributed by atoms with Gasteiger partial charge in [-0.1, -0.05) is 208 Å². The van der Waals surface area contributed by atoms with Crippen molar-refractivity contribution in [1.82, 2.24) is 0 Å². The first kappa shape index (κ1) is 37.1. The van der Waals surface area contributed by atoms with E-state index in [0.717, 1.165) is 11.3 Å². The largest absolute Gasteiger partial charge is 0.362 e. The molecule has 0 radical (unpaired) electrons. The van der Waals surface area contributed by atoms with E-state index in [9.17, 15) is 0 Å². The van der Waals surface area contributed by atoms with Crippen molar-refractivity contribution < 1.29 is 0 Å². The molecule has 0 saturated carbocycles. The number of benzene rings is 9. The van der Waals surface area contributed by atoms with Crippen LogP contribution in [0.25, 0.3) is 66.9 Å². The van der Waals surface area contributed by atoms with E-state index in [2.05, 4.69) is 238 Å². The summed E-state index contributed by atoms with van der Waals surface area (Å²) in [6.07, 6.45) is 10.6. The van der Waals surface area contributed by atoms with Crippen molar-refractivity contribution in [2.24, 2.45) is 0 Å². The van der Waals surface area contributed by atoms with Crippen LogP contribution in [0.5, 0.6) is 0 Å². The Morgan fingerprint density at radius 1 is 0.460 bits per heavy atom. The molecule has 9 aromatic rings. The monoisotopic (exact) mass is 803 g/mol. The fourth-order valence-corrected chi connectivity index (χ4v) is 11.0. The maximum atomic E-state index is 3.57. The number of anilines is 1. The fraction of sp³-hybridized carbons (Fsp3) is 0.0645. The molecule has 0 unspecified atom stereocenters. The van der Waals surface area contributed by atoms with Crippen molar-refractivity contribution in [2.45, 2.75) is 24.7 Å². The van der Waals surface area contributed by atoms with E-state index >= 15 is 0 Å².